The van der Waals surface area contributed by atoms with Gasteiger partial charge in [-0.1, -0.05) is 42.5 Å². The minimum atomic E-state index is -4.42. The lowest BCUT2D eigenvalue weighted by molar-refractivity contribution is -0.137. The van der Waals surface area contributed by atoms with Gasteiger partial charge in [0.15, 0.2) is 5.78 Å². The van der Waals surface area contributed by atoms with Crippen molar-refractivity contribution >= 4 is 5.78 Å². The van der Waals surface area contributed by atoms with Crippen LogP contribution < -0.4 is 5.73 Å². The SMILES string of the molecule is CC(N)(C(=O)c1ccc(C(F)(F)F)cc1)c1ccccc1. The molecule has 1 unspecified atom stereocenters. The Kier molecular flexibility index (Phi) is 3.87. The average molecular weight is 293 g/mol. The van der Waals surface area contributed by atoms with Crippen LogP contribution in [0.1, 0.15) is 28.4 Å². The van der Waals surface area contributed by atoms with Crippen molar-refractivity contribution in [3.8, 4) is 0 Å². The first-order valence-electron chi connectivity index (χ1n) is 6.29. The normalized spacial score (nSPS) is 14.5. The van der Waals surface area contributed by atoms with Gasteiger partial charge in [-0.05, 0) is 24.6 Å². The molecule has 2 rings (SSSR count). The van der Waals surface area contributed by atoms with Gasteiger partial charge in [-0.3, -0.25) is 4.79 Å². The van der Waals surface area contributed by atoms with E-state index in [0.717, 1.165) is 24.3 Å². The van der Waals surface area contributed by atoms with E-state index < -0.39 is 23.1 Å². The van der Waals surface area contributed by atoms with Crippen LogP contribution in [0.5, 0.6) is 0 Å². The highest BCUT2D eigenvalue weighted by Gasteiger charge is 2.33. The van der Waals surface area contributed by atoms with Crippen LogP contribution in [0.25, 0.3) is 0 Å². The van der Waals surface area contributed by atoms with Gasteiger partial charge in [0, 0.05) is 5.56 Å². The Morgan fingerprint density at radius 3 is 1.90 bits per heavy atom. The van der Waals surface area contributed by atoms with E-state index in [2.05, 4.69) is 0 Å². The molecule has 2 N–H and O–H groups in total. The summed E-state index contributed by atoms with van der Waals surface area (Å²) < 4.78 is 37.5. The molecule has 2 aromatic carbocycles. The van der Waals surface area contributed by atoms with Crippen LogP contribution in [0, 0.1) is 0 Å². The standard InChI is InChI=1S/C16H14F3NO/c1-15(20,12-5-3-2-4-6-12)14(21)11-7-9-13(10-8-11)16(17,18)19/h2-10H,20H2,1H3. The summed E-state index contributed by atoms with van der Waals surface area (Å²) in [6.45, 7) is 1.54. The Bertz CT molecular complexity index is 631. The van der Waals surface area contributed by atoms with Crippen LogP contribution in [0.3, 0.4) is 0 Å². The van der Waals surface area contributed by atoms with Crippen molar-refractivity contribution in [3.63, 3.8) is 0 Å². The zero-order chi connectivity index (χ0) is 15.7. The molecule has 0 bridgehead atoms. The Morgan fingerprint density at radius 1 is 0.905 bits per heavy atom. The summed E-state index contributed by atoms with van der Waals surface area (Å²) in [5.41, 5.74) is 4.74. The summed E-state index contributed by atoms with van der Waals surface area (Å²) in [7, 11) is 0. The van der Waals surface area contributed by atoms with Crippen molar-refractivity contribution in [2.24, 2.45) is 5.73 Å². The molecule has 2 aromatic rings. The van der Waals surface area contributed by atoms with Crippen molar-refractivity contribution in [2.45, 2.75) is 18.6 Å². The topological polar surface area (TPSA) is 43.1 Å². The summed E-state index contributed by atoms with van der Waals surface area (Å²) >= 11 is 0. The molecule has 0 amide bonds. The minimum Gasteiger partial charge on any atom is -0.315 e. The number of alkyl halides is 3. The molecule has 0 saturated carbocycles. The number of rotatable bonds is 3. The fourth-order valence-electron chi connectivity index (χ4n) is 2.03. The summed E-state index contributed by atoms with van der Waals surface area (Å²) in [5, 5.41) is 0. The average Bonchev–Trinajstić information content (AvgIpc) is 2.46. The van der Waals surface area contributed by atoms with Gasteiger partial charge >= 0.3 is 6.18 Å². The van der Waals surface area contributed by atoms with Gasteiger partial charge < -0.3 is 5.73 Å². The van der Waals surface area contributed by atoms with Crippen LogP contribution >= 0.6 is 0 Å². The Hall–Kier alpha value is -2.14. The smallest absolute Gasteiger partial charge is 0.315 e. The Morgan fingerprint density at radius 2 is 1.43 bits per heavy atom. The third kappa shape index (κ3) is 3.13. The first-order valence-corrected chi connectivity index (χ1v) is 6.29. The van der Waals surface area contributed by atoms with Crippen LogP contribution in [0.4, 0.5) is 13.2 Å². The van der Waals surface area contributed by atoms with Gasteiger partial charge in [-0.2, -0.15) is 13.2 Å². The van der Waals surface area contributed by atoms with E-state index in [4.69, 9.17) is 5.73 Å². The number of hydrogen-bond donors (Lipinski definition) is 1. The van der Waals surface area contributed by atoms with Crippen molar-refractivity contribution < 1.29 is 18.0 Å². The van der Waals surface area contributed by atoms with E-state index in [-0.39, 0.29) is 5.56 Å². The molecule has 0 radical (unpaired) electrons. The third-order valence-corrected chi connectivity index (χ3v) is 3.32. The zero-order valence-electron chi connectivity index (χ0n) is 11.3. The molecule has 0 aliphatic carbocycles. The number of halogens is 3. The number of ketones is 1. The number of nitrogens with two attached hydrogens (primary N) is 1. The Balaban J connectivity index is 2.32. The first kappa shape index (κ1) is 15.3. The van der Waals surface area contributed by atoms with Crippen LogP contribution in [-0.2, 0) is 11.7 Å². The molecule has 0 heterocycles. The van der Waals surface area contributed by atoms with E-state index in [1.165, 1.54) is 0 Å². The number of hydrogen-bond acceptors (Lipinski definition) is 2. The van der Waals surface area contributed by atoms with Gasteiger partial charge in [0.1, 0.15) is 5.54 Å². The van der Waals surface area contributed by atoms with Crippen LogP contribution in [-0.4, -0.2) is 5.78 Å². The lowest BCUT2D eigenvalue weighted by Crippen LogP contribution is -2.41. The molecule has 0 spiro atoms. The fraction of sp³-hybridized carbons (Fsp3) is 0.188. The highest BCUT2D eigenvalue weighted by atomic mass is 19.4. The van der Waals surface area contributed by atoms with E-state index in [1.807, 2.05) is 0 Å². The summed E-state index contributed by atoms with van der Waals surface area (Å²) in [6, 6.07) is 12.8. The van der Waals surface area contributed by atoms with Gasteiger partial charge in [0.05, 0.1) is 5.56 Å². The summed E-state index contributed by atoms with van der Waals surface area (Å²) in [5.74, 6) is -0.428. The minimum absolute atomic E-state index is 0.150. The number of carbonyl (C=O) groups is 1. The van der Waals surface area contributed by atoms with Crippen molar-refractivity contribution in [2.75, 3.05) is 0 Å². The number of Topliss-reactive ketones (excluding diaryl/α,β-unsaturated/α-hetero) is 1. The second-order valence-corrected chi connectivity index (χ2v) is 4.97. The van der Waals surface area contributed by atoms with E-state index in [1.54, 1.807) is 37.3 Å². The number of carbonyl (C=O) groups excluding carboxylic acids is 1. The lowest BCUT2D eigenvalue weighted by atomic mass is 9.85. The van der Waals surface area contributed by atoms with Gasteiger partial charge in [-0.15, -0.1) is 0 Å². The van der Waals surface area contributed by atoms with Crippen molar-refractivity contribution in [1.29, 1.82) is 0 Å². The van der Waals surface area contributed by atoms with Gasteiger partial charge in [0.2, 0.25) is 0 Å². The van der Waals surface area contributed by atoms with Crippen molar-refractivity contribution in [1.82, 2.24) is 0 Å². The van der Waals surface area contributed by atoms with Crippen LogP contribution in [0.2, 0.25) is 0 Å². The molecule has 21 heavy (non-hydrogen) atoms. The summed E-state index contributed by atoms with van der Waals surface area (Å²) in [4.78, 5) is 12.4. The molecule has 2 nitrogen and oxygen atoms in total. The molecule has 0 saturated heterocycles. The fourth-order valence-corrected chi connectivity index (χ4v) is 2.03. The van der Waals surface area contributed by atoms with E-state index >= 15 is 0 Å². The number of benzene rings is 2. The maximum Gasteiger partial charge on any atom is 0.416 e. The van der Waals surface area contributed by atoms with Crippen LogP contribution in [0.15, 0.2) is 54.6 Å². The third-order valence-electron chi connectivity index (χ3n) is 3.32. The molecular weight excluding hydrogens is 279 g/mol. The second-order valence-electron chi connectivity index (χ2n) is 4.97. The summed E-state index contributed by atoms with van der Waals surface area (Å²) in [6.07, 6.45) is -4.42. The monoisotopic (exact) mass is 293 g/mol. The zero-order valence-corrected chi connectivity index (χ0v) is 11.3. The molecule has 0 fully saturated rings. The largest absolute Gasteiger partial charge is 0.416 e. The van der Waals surface area contributed by atoms with Gasteiger partial charge in [-0.25, -0.2) is 0 Å². The molecule has 110 valence electrons. The maximum absolute atomic E-state index is 12.5. The molecule has 0 aromatic heterocycles. The first-order chi connectivity index (χ1) is 9.73. The van der Waals surface area contributed by atoms with Crippen molar-refractivity contribution in [3.05, 3.63) is 71.3 Å². The van der Waals surface area contributed by atoms with E-state index in [0.29, 0.717) is 5.56 Å². The molecule has 1 atom stereocenters. The maximum atomic E-state index is 12.5. The molecule has 5 heteroatoms. The second kappa shape index (κ2) is 5.33. The highest BCUT2D eigenvalue weighted by Crippen LogP contribution is 2.30. The Labute approximate surface area is 120 Å². The predicted octanol–water partition coefficient (Wildman–Crippen LogP) is 3.76. The van der Waals surface area contributed by atoms with E-state index in [9.17, 15) is 18.0 Å². The lowest BCUT2D eigenvalue weighted by Gasteiger charge is -2.23. The highest BCUT2D eigenvalue weighted by molar-refractivity contribution is 6.03. The predicted molar refractivity (Wildman–Crippen MR) is 73.8 cm³/mol. The molecular formula is C16H14F3NO. The van der Waals surface area contributed by atoms with Gasteiger partial charge in [0.25, 0.3) is 0 Å². The quantitative estimate of drug-likeness (QED) is 0.876. The molecule has 0 aliphatic heterocycles. The molecule has 0 aliphatic rings.